The maximum Gasteiger partial charge on any atom is 0.323 e. The number of carbonyl (C=O) groups excluding carboxylic acids is 1. The summed E-state index contributed by atoms with van der Waals surface area (Å²) in [5, 5.41) is 12.7. The second kappa shape index (κ2) is 6.40. The highest BCUT2D eigenvalue weighted by Gasteiger charge is 2.24. The molecule has 0 fully saturated rings. The molecule has 0 radical (unpaired) electrons. The van der Waals surface area contributed by atoms with Crippen molar-refractivity contribution in [2.24, 2.45) is 5.92 Å². The van der Waals surface area contributed by atoms with Crippen LogP contribution < -0.4 is 5.32 Å². The molecule has 0 amide bonds. The summed E-state index contributed by atoms with van der Waals surface area (Å²) in [6, 6.07) is 6.61. The maximum absolute atomic E-state index is 11.7. The van der Waals surface area contributed by atoms with Crippen molar-refractivity contribution in [3.63, 3.8) is 0 Å². The highest BCUT2D eigenvalue weighted by molar-refractivity contribution is 5.76. The number of hydrogen-bond acceptors (Lipinski definition) is 4. The summed E-state index contributed by atoms with van der Waals surface area (Å²) >= 11 is 0. The lowest BCUT2D eigenvalue weighted by Gasteiger charge is -2.24. The molecule has 0 saturated heterocycles. The lowest BCUT2D eigenvalue weighted by molar-refractivity contribution is -0.144. The molecule has 2 atom stereocenters. The molecule has 0 aliphatic rings. The van der Waals surface area contributed by atoms with Gasteiger partial charge in [-0.2, -0.15) is 0 Å². The Morgan fingerprint density at radius 3 is 2.50 bits per heavy atom. The van der Waals surface area contributed by atoms with E-state index >= 15 is 0 Å². The van der Waals surface area contributed by atoms with Gasteiger partial charge in [-0.1, -0.05) is 26.0 Å². The summed E-state index contributed by atoms with van der Waals surface area (Å²) < 4.78 is 4.78. The molecule has 18 heavy (non-hydrogen) atoms. The van der Waals surface area contributed by atoms with Gasteiger partial charge in [-0.3, -0.25) is 10.1 Å². The average molecular weight is 251 g/mol. The minimum Gasteiger partial charge on any atom is -0.508 e. The van der Waals surface area contributed by atoms with Crippen molar-refractivity contribution in [1.29, 1.82) is 0 Å². The molecule has 2 N–H and O–H groups in total. The van der Waals surface area contributed by atoms with Gasteiger partial charge in [0.2, 0.25) is 0 Å². The third-order valence-corrected chi connectivity index (χ3v) is 2.92. The summed E-state index contributed by atoms with van der Waals surface area (Å²) in [6.45, 7) is 5.88. The molecular formula is C14H21NO3. The van der Waals surface area contributed by atoms with Gasteiger partial charge < -0.3 is 9.84 Å². The molecule has 0 aliphatic carbocycles. The number of rotatable bonds is 5. The molecule has 0 spiro atoms. The molecule has 100 valence electrons. The molecule has 1 aromatic carbocycles. The van der Waals surface area contributed by atoms with Crippen LogP contribution in [0.2, 0.25) is 0 Å². The van der Waals surface area contributed by atoms with Crippen LogP contribution in [0.25, 0.3) is 0 Å². The summed E-state index contributed by atoms with van der Waals surface area (Å²) in [6.07, 6.45) is 0. The van der Waals surface area contributed by atoms with Crippen molar-refractivity contribution < 1.29 is 14.6 Å². The van der Waals surface area contributed by atoms with Crippen LogP contribution in [0.5, 0.6) is 5.75 Å². The number of carbonyl (C=O) groups is 1. The highest BCUT2D eigenvalue weighted by atomic mass is 16.5. The van der Waals surface area contributed by atoms with E-state index in [0.29, 0.717) is 0 Å². The van der Waals surface area contributed by atoms with E-state index in [1.54, 1.807) is 18.2 Å². The van der Waals surface area contributed by atoms with Crippen molar-refractivity contribution in [3.8, 4) is 5.75 Å². The highest BCUT2D eigenvalue weighted by Crippen LogP contribution is 2.19. The Morgan fingerprint density at radius 1 is 1.33 bits per heavy atom. The molecule has 0 aliphatic heterocycles. The fourth-order valence-electron chi connectivity index (χ4n) is 1.82. The molecule has 1 aromatic rings. The number of hydrogen-bond donors (Lipinski definition) is 2. The van der Waals surface area contributed by atoms with Crippen molar-refractivity contribution in [1.82, 2.24) is 5.32 Å². The third kappa shape index (κ3) is 3.74. The van der Waals surface area contributed by atoms with Crippen LogP contribution in [0.4, 0.5) is 0 Å². The van der Waals surface area contributed by atoms with E-state index < -0.39 is 0 Å². The molecule has 0 heterocycles. The van der Waals surface area contributed by atoms with Gasteiger partial charge in [-0.15, -0.1) is 0 Å². The van der Waals surface area contributed by atoms with Crippen molar-refractivity contribution in [2.45, 2.75) is 32.9 Å². The predicted molar refractivity (Wildman–Crippen MR) is 70.3 cm³/mol. The van der Waals surface area contributed by atoms with Crippen LogP contribution in [0.15, 0.2) is 24.3 Å². The Kier molecular flexibility index (Phi) is 5.16. The van der Waals surface area contributed by atoms with Gasteiger partial charge in [0.05, 0.1) is 7.11 Å². The van der Waals surface area contributed by atoms with Gasteiger partial charge in [-0.05, 0) is 30.5 Å². The minimum atomic E-state index is -0.354. The molecule has 4 heteroatoms. The van der Waals surface area contributed by atoms with Gasteiger partial charge in [0, 0.05) is 6.04 Å². The zero-order chi connectivity index (χ0) is 13.7. The molecule has 4 nitrogen and oxygen atoms in total. The van der Waals surface area contributed by atoms with Crippen LogP contribution in [-0.2, 0) is 9.53 Å². The Hall–Kier alpha value is -1.55. The standard InChI is InChI=1S/C14H21NO3/c1-9(2)13(14(17)18-4)15-10(3)11-6-5-7-12(16)8-11/h5-10,13,15-16H,1-4H3/t10?,13-/m0/s1. The second-order valence-electron chi connectivity index (χ2n) is 4.73. The Balaban J connectivity index is 2.78. The van der Waals surface area contributed by atoms with E-state index in [4.69, 9.17) is 4.74 Å². The van der Waals surface area contributed by atoms with Crippen molar-refractivity contribution >= 4 is 5.97 Å². The largest absolute Gasteiger partial charge is 0.508 e. The summed E-state index contributed by atoms with van der Waals surface area (Å²) in [7, 11) is 1.39. The zero-order valence-electron chi connectivity index (χ0n) is 11.3. The van der Waals surface area contributed by atoms with Crippen LogP contribution in [0.3, 0.4) is 0 Å². The zero-order valence-corrected chi connectivity index (χ0v) is 11.3. The normalized spacial score (nSPS) is 14.3. The number of methoxy groups -OCH3 is 1. The van der Waals surface area contributed by atoms with Crippen molar-refractivity contribution in [2.75, 3.05) is 7.11 Å². The molecule has 1 rings (SSSR count). The number of benzene rings is 1. The number of ether oxygens (including phenoxy) is 1. The first kappa shape index (κ1) is 14.5. The molecule has 0 bridgehead atoms. The number of phenolic OH excluding ortho intramolecular Hbond substituents is 1. The number of aromatic hydroxyl groups is 1. The van der Waals surface area contributed by atoms with E-state index in [2.05, 4.69) is 5.32 Å². The van der Waals surface area contributed by atoms with E-state index in [-0.39, 0.29) is 29.7 Å². The Labute approximate surface area is 108 Å². The number of phenols is 1. The third-order valence-electron chi connectivity index (χ3n) is 2.92. The van der Waals surface area contributed by atoms with Crippen LogP contribution >= 0.6 is 0 Å². The van der Waals surface area contributed by atoms with Gasteiger partial charge in [0.1, 0.15) is 11.8 Å². The quantitative estimate of drug-likeness (QED) is 0.788. The number of esters is 1. The SMILES string of the molecule is COC(=O)[C@@H](NC(C)c1cccc(O)c1)C(C)C. The van der Waals surface area contributed by atoms with E-state index in [0.717, 1.165) is 5.56 Å². The lowest BCUT2D eigenvalue weighted by atomic mass is 10.0. The first-order valence-electron chi connectivity index (χ1n) is 6.08. The van der Waals surface area contributed by atoms with Crippen LogP contribution in [-0.4, -0.2) is 24.2 Å². The Bertz CT molecular complexity index is 404. The van der Waals surface area contributed by atoms with Crippen molar-refractivity contribution in [3.05, 3.63) is 29.8 Å². The van der Waals surface area contributed by atoms with E-state index in [9.17, 15) is 9.90 Å². The predicted octanol–water partition coefficient (Wildman–Crippen LogP) is 2.24. The van der Waals surface area contributed by atoms with Gasteiger partial charge in [0.25, 0.3) is 0 Å². The Morgan fingerprint density at radius 2 is 2.00 bits per heavy atom. The van der Waals surface area contributed by atoms with E-state index in [1.165, 1.54) is 7.11 Å². The topological polar surface area (TPSA) is 58.6 Å². The minimum absolute atomic E-state index is 0.0383. The fraction of sp³-hybridized carbons (Fsp3) is 0.500. The fourth-order valence-corrected chi connectivity index (χ4v) is 1.82. The van der Waals surface area contributed by atoms with Gasteiger partial charge in [0.15, 0.2) is 0 Å². The monoisotopic (exact) mass is 251 g/mol. The molecular weight excluding hydrogens is 230 g/mol. The molecule has 0 aromatic heterocycles. The summed E-state index contributed by atoms with van der Waals surface area (Å²) in [5.41, 5.74) is 0.935. The molecule has 0 saturated carbocycles. The average Bonchev–Trinajstić information content (AvgIpc) is 2.34. The maximum atomic E-state index is 11.7. The smallest absolute Gasteiger partial charge is 0.323 e. The van der Waals surface area contributed by atoms with Crippen LogP contribution in [0, 0.1) is 5.92 Å². The van der Waals surface area contributed by atoms with E-state index in [1.807, 2.05) is 26.8 Å². The second-order valence-corrected chi connectivity index (χ2v) is 4.73. The van der Waals surface area contributed by atoms with Crippen LogP contribution in [0.1, 0.15) is 32.4 Å². The van der Waals surface area contributed by atoms with Gasteiger partial charge in [-0.25, -0.2) is 0 Å². The lowest BCUT2D eigenvalue weighted by Crippen LogP contribution is -2.42. The van der Waals surface area contributed by atoms with Gasteiger partial charge >= 0.3 is 5.97 Å². The summed E-state index contributed by atoms with van der Waals surface area (Å²) in [4.78, 5) is 11.7. The first-order valence-corrected chi connectivity index (χ1v) is 6.08. The summed E-state index contributed by atoms with van der Waals surface area (Å²) in [5.74, 6) is 0.0922. The first-order chi connectivity index (χ1) is 8.45. The molecule has 1 unspecified atom stereocenters. The number of nitrogens with one attached hydrogen (secondary N) is 1.